The number of carbonyl (C=O) groups excluding carboxylic acids is 1. The zero-order valence-electron chi connectivity index (χ0n) is 20.0. The first-order valence-corrected chi connectivity index (χ1v) is 12.9. The highest BCUT2D eigenvalue weighted by Crippen LogP contribution is 2.29. The van der Waals surface area contributed by atoms with Crippen LogP contribution in [0.25, 0.3) is 0 Å². The van der Waals surface area contributed by atoms with Crippen LogP contribution in [-0.4, -0.2) is 47.6 Å². The molecule has 8 heteroatoms. The number of carbonyl (C=O) groups is 1. The summed E-state index contributed by atoms with van der Waals surface area (Å²) in [5, 5.41) is 16.6. The number of aliphatic hydroxyl groups excluding tert-OH is 1. The lowest BCUT2D eigenvalue weighted by Gasteiger charge is -2.13. The highest BCUT2D eigenvalue weighted by molar-refractivity contribution is 7.14. The van der Waals surface area contributed by atoms with Crippen LogP contribution in [0.5, 0.6) is 0 Å². The minimum absolute atomic E-state index is 0.0850. The van der Waals surface area contributed by atoms with E-state index in [2.05, 4.69) is 40.5 Å². The zero-order chi connectivity index (χ0) is 24.5. The fourth-order valence-electron chi connectivity index (χ4n) is 3.86. The van der Waals surface area contributed by atoms with Crippen LogP contribution in [0.1, 0.15) is 56.6 Å². The van der Waals surface area contributed by atoms with Crippen LogP contribution in [0.2, 0.25) is 5.02 Å². The second-order valence-corrected chi connectivity index (χ2v) is 10.1. The molecule has 0 spiro atoms. The number of aryl methyl sites for hydroxylation is 1. The van der Waals surface area contributed by atoms with Crippen molar-refractivity contribution in [2.75, 3.05) is 32.1 Å². The molecule has 0 aliphatic carbocycles. The maximum atomic E-state index is 13.4. The maximum Gasteiger partial charge on any atom is 0.208 e. The van der Waals surface area contributed by atoms with Gasteiger partial charge in [-0.15, -0.1) is 11.3 Å². The average Bonchev–Trinajstić information content (AvgIpc) is 3.21. The van der Waals surface area contributed by atoms with E-state index in [0.29, 0.717) is 22.8 Å². The van der Waals surface area contributed by atoms with Crippen molar-refractivity contribution < 1.29 is 9.90 Å². The van der Waals surface area contributed by atoms with Crippen LogP contribution in [0.3, 0.4) is 0 Å². The zero-order valence-corrected chi connectivity index (χ0v) is 21.6. The number of halogens is 1. The molecule has 0 radical (unpaired) electrons. The summed E-state index contributed by atoms with van der Waals surface area (Å²) in [5.74, 6) is 0.684. The third-order valence-corrected chi connectivity index (χ3v) is 7.40. The van der Waals surface area contributed by atoms with E-state index in [1.807, 2.05) is 25.2 Å². The van der Waals surface area contributed by atoms with Crippen molar-refractivity contribution in [3.8, 4) is 0 Å². The fourth-order valence-corrected chi connectivity index (χ4v) is 5.05. The van der Waals surface area contributed by atoms with E-state index in [4.69, 9.17) is 11.6 Å². The number of nitrogens with zero attached hydrogens (tertiary/aromatic N) is 2. The summed E-state index contributed by atoms with van der Waals surface area (Å²) in [4.78, 5) is 23.5. The Hall–Kier alpha value is -2.32. The van der Waals surface area contributed by atoms with Gasteiger partial charge in [-0.3, -0.25) is 4.79 Å². The first kappa shape index (κ1) is 26.3. The quantitative estimate of drug-likeness (QED) is 0.289. The van der Waals surface area contributed by atoms with Crippen LogP contribution in [0.4, 0.5) is 5.82 Å². The Bertz CT molecular complexity index is 1100. The Balaban J connectivity index is 1.79. The van der Waals surface area contributed by atoms with Crippen molar-refractivity contribution in [2.24, 2.45) is 5.92 Å². The molecule has 0 saturated carbocycles. The number of hydrogen-bond donors (Lipinski definition) is 3. The molecular weight excluding hydrogens is 468 g/mol. The number of aromatic nitrogens is 2. The van der Waals surface area contributed by atoms with Gasteiger partial charge in [-0.05, 0) is 80.6 Å². The van der Waals surface area contributed by atoms with Crippen molar-refractivity contribution in [3.05, 3.63) is 73.8 Å². The van der Waals surface area contributed by atoms with E-state index in [9.17, 15) is 9.90 Å². The van der Waals surface area contributed by atoms with Crippen LogP contribution in [-0.2, 0) is 12.8 Å². The van der Waals surface area contributed by atoms with Crippen LogP contribution in [0, 0.1) is 12.8 Å². The van der Waals surface area contributed by atoms with Gasteiger partial charge in [0.2, 0.25) is 5.78 Å². The van der Waals surface area contributed by atoms with Gasteiger partial charge in [-0.1, -0.05) is 31.0 Å². The van der Waals surface area contributed by atoms with Gasteiger partial charge in [0.05, 0.1) is 10.4 Å². The second-order valence-electron chi connectivity index (χ2n) is 8.42. The Labute approximate surface area is 210 Å². The van der Waals surface area contributed by atoms with E-state index >= 15 is 0 Å². The molecule has 0 saturated heterocycles. The molecule has 6 nitrogen and oxygen atoms in total. The van der Waals surface area contributed by atoms with Crippen molar-refractivity contribution in [2.45, 2.75) is 39.5 Å². The van der Waals surface area contributed by atoms with Gasteiger partial charge < -0.3 is 15.7 Å². The summed E-state index contributed by atoms with van der Waals surface area (Å²) in [6.45, 7) is 5.80. The van der Waals surface area contributed by atoms with Gasteiger partial charge in [0.25, 0.3) is 0 Å². The molecule has 0 amide bonds. The number of ketones is 1. The van der Waals surface area contributed by atoms with Gasteiger partial charge >= 0.3 is 0 Å². The molecule has 1 atom stereocenters. The lowest BCUT2D eigenvalue weighted by molar-refractivity contribution is 0.104. The van der Waals surface area contributed by atoms with E-state index in [-0.39, 0.29) is 18.3 Å². The van der Waals surface area contributed by atoms with Crippen molar-refractivity contribution >= 4 is 34.5 Å². The third kappa shape index (κ3) is 6.85. The Morgan fingerprint density at radius 3 is 2.76 bits per heavy atom. The summed E-state index contributed by atoms with van der Waals surface area (Å²) in [7, 11) is 1.95. The van der Waals surface area contributed by atoms with E-state index < -0.39 is 0 Å². The number of aliphatic hydroxyl groups is 1. The lowest BCUT2D eigenvalue weighted by Crippen LogP contribution is -2.15. The van der Waals surface area contributed by atoms with Gasteiger partial charge in [-0.25, -0.2) is 9.97 Å². The van der Waals surface area contributed by atoms with Gasteiger partial charge in [0.15, 0.2) is 0 Å². The first-order valence-electron chi connectivity index (χ1n) is 11.7. The number of rotatable bonds is 13. The topological polar surface area (TPSA) is 87.1 Å². The van der Waals surface area contributed by atoms with E-state index in [1.54, 1.807) is 6.20 Å². The molecule has 3 rings (SSSR count). The minimum atomic E-state index is -0.0850. The van der Waals surface area contributed by atoms with Crippen LogP contribution >= 0.6 is 22.9 Å². The molecule has 0 aliphatic heterocycles. The van der Waals surface area contributed by atoms with Crippen LogP contribution < -0.4 is 10.6 Å². The number of hydrogen-bond acceptors (Lipinski definition) is 7. The number of nitrogens with one attached hydrogen (secondary N) is 2. The maximum absolute atomic E-state index is 13.4. The standard InChI is InChI=1S/C26H33ClN4O2S/c1-4-18(15-32)7-10-30-26-23(14-29-16-31-26)25(33)24-13-20(17(2)34-24)11-21-12-22(27)6-5-19(21)8-9-28-3/h5-6,12-14,16,18,28,32H,4,7-11,15H2,1-3H3,(H,29,30,31). The molecule has 1 aromatic carbocycles. The SMILES string of the molecule is CCC(CO)CCNc1ncncc1C(=O)c1cc(Cc2cc(Cl)ccc2CCNC)c(C)s1. The molecule has 2 heterocycles. The summed E-state index contributed by atoms with van der Waals surface area (Å²) in [6.07, 6.45) is 6.38. The van der Waals surface area contributed by atoms with Crippen LogP contribution in [0.15, 0.2) is 36.8 Å². The lowest BCUT2D eigenvalue weighted by atomic mass is 9.97. The Morgan fingerprint density at radius 1 is 1.21 bits per heavy atom. The minimum Gasteiger partial charge on any atom is -0.396 e. The number of anilines is 1. The molecule has 1 unspecified atom stereocenters. The second kappa shape index (κ2) is 13.0. The molecule has 0 aliphatic rings. The normalized spacial score (nSPS) is 12.0. The molecule has 3 N–H and O–H groups in total. The Kier molecular flexibility index (Phi) is 10.0. The molecule has 0 fully saturated rings. The molecular formula is C26H33ClN4O2S. The molecule has 34 heavy (non-hydrogen) atoms. The monoisotopic (exact) mass is 500 g/mol. The largest absolute Gasteiger partial charge is 0.396 e. The van der Waals surface area contributed by atoms with Gasteiger partial charge in [-0.2, -0.15) is 0 Å². The molecule has 2 aromatic heterocycles. The third-order valence-electron chi connectivity index (χ3n) is 6.08. The summed E-state index contributed by atoms with van der Waals surface area (Å²) in [6, 6.07) is 8.02. The average molecular weight is 501 g/mol. The summed E-state index contributed by atoms with van der Waals surface area (Å²) >= 11 is 7.79. The van der Waals surface area contributed by atoms with Crippen molar-refractivity contribution in [1.82, 2.24) is 15.3 Å². The first-order chi connectivity index (χ1) is 16.5. The van der Waals surface area contributed by atoms with E-state index in [1.165, 1.54) is 28.8 Å². The predicted octanol–water partition coefficient (Wildman–Crippen LogP) is 4.90. The van der Waals surface area contributed by atoms with Gasteiger partial charge in [0, 0.05) is 29.2 Å². The highest BCUT2D eigenvalue weighted by Gasteiger charge is 2.19. The van der Waals surface area contributed by atoms with Crippen molar-refractivity contribution in [3.63, 3.8) is 0 Å². The molecule has 182 valence electrons. The number of benzene rings is 1. The van der Waals surface area contributed by atoms with Gasteiger partial charge in [0.1, 0.15) is 12.1 Å². The number of thiophene rings is 1. The fraction of sp³-hybridized carbons (Fsp3) is 0.423. The highest BCUT2D eigenvalue weighted by atomic mass is 35.5. The Morgan fingerprint density at radius 2 is 2.03 bits per heavy atom. The number of likely N-dealkylation sites (N-methyl/N-ethyl adjacent to an activating group) is 1. The van der Waals surface area contributed by atoms with E-state index in [0.717, 1.165) is 47.7 Å². The predicted molar refractivity (Wildman–Crippen MR) is 140 cm³/mol. The van der Waals surface area contributed by atoms with Crippen molar-refractivity contribution in [1.29, 1.82) is 0 Å². The summed E-state index contributed by atoms with van der Waals surface area (Å²) in [5.41, 5.74) is 4.03. The smallest absolute Gasteiger partial charge is 0.208 e. The molecule has 0 bridgehead atoms. The summed E-state index contributed by atoms with van der Waals surface area (Å²) < 4.78 is 0. The molecule has 3 aromatic rings.